The summed E-state index contributed by atoms with van der Waals surface area (Å²) in [5.41, 5.74) is 0.975. The molecule has 0 N–H and O–H groups in total. The van der Waals surface area contributed by atoms with E-state index < -0.39 is 0 Å². The van der Waals surface area contributed by atoms with Crippen molar-refractivity contribution >= 4 is 23.2 Å². The van der Waals surface area contributed by atoms with Gasteiger partial charge in [-0.2, -0.15) is 0 Å². The van der Waals surface area contributed by atoms with Gasteiger partial charge in [-0.3, -0.25) is 0 Å². The van der Waals surface area contributed by atoms with Gasteiger partial charge in [0.15, 0.2) is 0 Å². The van der Waals surface area contributed by atoms with Gasteiger partial charge in [-0.1, -0.05) is 23.2 Å². The quantitative estimate of drug-likeness (QED) is 0.739. The molecule has 1 nitrogen and oxygen atoms in total. The van der Waals surface area contributed by atoms with Crippen LogP contribution in [0.3, 0.4) is 0 Å². The highest BCUT2D eigenvalue weighted by molar-refractivity contribution is 6.35. The summed E-state index contributed by atoms with van der Waals surface area (Å²) < 4.78 is 5.77. The molecule has 76 valence electrons. The van der Waals surface area contributed by atoms with Crippen LogP contribution in [0.25, 0.3) is 0 Å². The van der Waals surface area contributed by atoms with Crippen molar-refractivity contribution in [2.45, 2.75) is 32.3 Å². The molecule has 1 aromatic carbocycles. The van der Waals surface area contributed by atoms with Crippen LogP contribution in [0.15, 0.2) is 12.1 Å². The van der Waals surface area contributed by atoms with Gasteiger partial charge in [0.1, 0.15) is 5.75 Å². The van der Waals surface area contributed by atoms with E-state index in [-0.39, 0.29) is 0 Å². The van der Waals surface area contributed by atoms with E-state index in [1.807, 2.05) is 13.0 Å². The molecule has 0 aliphatic heterocycles. The first-order valence-corrected chi connectivity index (χ1v) is 5.54. The Labute approximate surface area is 94.0 Å². The van der Waals surface area contributed by atoms with Gasteiger partial charge in [0.05, 0.1) is 6.10 Å². The van der Waals surface area contributed by atoms with Crippen molar-refractivity contribution in [3.05, 3.63) is 27.7 Å². The van der Waals surface area contributed by atoms with Crippen LogP contribution < -0.4 is 4.74 Å². The van der Waals surface area contributed by atoms with Gasteiger partial charge < -0.3 is 4.74 Å². The van der Waals surface area contributed by atoms with Crippen LogP contribution in [0.2, 0.25) is 10.0 Å². The van der Waals surface area contributed by atoms with E-state index >= 15 is 0 Å². The Balaban J connectivity index is 2.22. The second-order valence-corrected chi connectivity index (χ2v) is 4.53. The van der Waals surface area contributed by atoms with Crippen LogP contribution >= 0.6 is 23.2 Å². The molecule has 0 radical (unpaired) electrons. The Kier molecular flexibility index (Phi) is 2.89. The zero-order valence-corrected chi connectivity index (χ0v) is 9.53. The largest absolute Gasteiger partial charge is 0.490 e. The molecule has 0 spiro atoms. The van der Waals surface area contributed by atoms with Gasteiger partial charge in [0, 0.05) is 15.6 Å². The van der Waals surface area contributed by atoms with Crippen LogP contribution in [0.1, 0.15) is 24.8 Å². The average molecular weight is 231 g/mol. The molecule has 0 heterocycles. The van der Waals surface area contributed by atoms with Gasteiger partial charge >= 0.3 is 0 Å². The molecule has 1 fully saturated rings. The predicted molar refractivity (Wildman–Crippen MR) is 59.5 cm³/mol. The van der Waals surface area contributed by atoms with Crippen molar-refractivity contribution in [1.82, 2.24) is 0 Å². The minimum atomic E-state index is 0.364. The first-order valence-electron chi connectivity index (χ1n) is 4.79. The molecule has 0 saturated heterocycles. The van der Waals surface area contributed by atoms with E-state index in [1.54, 1.807) is 6.07 Å². The molecule has 1 aromatic rings. The molecule has 0 atom stereocenters. The number of ether oxygens (including phenoxy) is 1. The molecule has 1 saturated carbocycles. The zero-order chi connectivity index (χ0) is 10.1. The third-order valence-corrected chi connectivity index (χ3v) is 3.22. The number of rotatable bonds is 2. The smallest absolute Gasteiger partial charge is 0.125 e. The predicted octanol–water partition coefficient (Wildman–Crippen LogP) is 4.23. The fourth-order valence-corrected chi connectivity index (χ4v) is 1.89. The first-order chi connectivity index (χ1) is 6.66. The number of halogens is 2. The van der Waals surface area contributed by atoms with Crippen LogP contribution in [0.5, 0.6) is 5.75 Å². The maximum atomic E-state index is 6.00. The van der Waals surface area contributed by atoms with Crippen LogP contribution in [-0.2, 0) is 0 Å². The lowest BCUT2D eigenvalue weighted by Crippen LogP contribution is -2.24. The van der Waals surface area contributed by atoms with Gasteiger partial charge in [0.25, 0.3) is 0 Å². The minimum Gasteiger partial charge on any atom is -0.490 e. The van der Waals surface area contributed by atoms with Crippen molar-refractivity contribution in [3.63, 3.8) is 0 Å². The Hall–Kier alpha value is -0.400. The summed E-state index contributed by atoms with van der Waals surface area (Å²) in [7, 11) is 0. The summed E-state index contributed by atoms with van der Waals surface area (Å²) in [6, 6.07) is 3.58. The third kappa shape index (κ3) is 1.99. The summed E-state index contributed by atoms with van der Waals surface area (Å²) in [5.74, 6) is 0.826. The van der Waals surface area contributed by atoms with Crippen molar-refractivity contribution in [3.8, 4) is 5.75 Å². The summed E-state index contributed by atoms with van der Waals surface area (Å²) in [6.07, 6.45) is 3.91. The lowest BCUT2D eigenvalue weighted by molar-refractivity contribution is 0.119. The maximum Gasteiger partial charge on any atom is 0.125 e. The number of benzene rings is 1. The monoisotopic (exact) mass is 230 g/mol. The summed E-state index contributed by atoms with van der Waals surface area (Å²) in [6.45, 7) is 1.95. The Bertz CT molecular complexity index is 345. The van der Waals surface area contributed by atoms with E-state index in [0.29, 0.717) is 16.1 Å². The summed E-state index contributed by atoms with van der Waals surface area (Å²) >= 11 is 11.9. The molecule has 0 amide bonds. The zero-order valence-electron chi connectivity index (χ0n) is 8.02. The molecule has 0 bridgehead atoms. The lowest BCUT2D eigenvalue weighted by atomic mass is 9.96. The number of hydrogen-bond acceptors (Lipinski definition) is 1. The molecule has 1 aliphatic rings. The lowest BCUT2D eigenvalue weighted by Gasteiger charge is -2.27. The van der Waals surface area contributed by atoms with Gasteiger partial charge in [-0.05, 0) is 38.3 Å². The molecular formula is C11H12Cl2O. The molecule has 1 aliphatic carbocycles. The molecule has 14 heavy (non-hydrogen) atoms. The standard InChI is InChI=1S/C11H12Cl2O/c1-7-10(13)5-8(12)6-11(7)14-9-3-2-4-9/h5-6,9H,2-4H2,1H3. The Morgan fingerprint density at radius 1 is 1.29 bits per heavy atom. The van der Waals surface area contributed by atoms with Crippen molar-refractivity contribution in [1.29, 1.82) is 0 Å². The normalized spacial score (nSPS) is 16.5. The third-order valence-electron chi connectivity index (χ3n) is 2.61. The Morgan fingerprint density at radius 2 is 2.00 bits per heavy atom. The molecule has 3 heteroatoms. The second-order valence-electron chi connectivity index (χ2n) is 3.68. The highest BCUT2D eigenvalue weighted by Crippen LogP contribution is 2.33. The summed E-state index contributed by atoms with van der Waals surface area (Å²) in [5, 5.41) is 1.31. The van der Waals surface area contributed by atoms with E-state index in [1.165, 1.54) is 6.42 Å². The van der Waals surface area contributed by atoms with Gasteiger partial charge in [0.2, 0.25) is 0 Å². The van der Waals surface area contributed by atoms with Crippen LogP contribution in [-0.4, -0.2) is 6.10 Å². The van der Waals surface area contributed by atoms with Crippen molar-refractivity contribution in [2.75, 3.05) is 0 Å². The van der Waals surface area contributed by atoms with E-state index in [9.17, 15) is 0 Å². The highest BCUT2D eigenvalue weighted by Gasteiger charge is 2.20. The topological polar surface area (TPSA) is 9.23 Å². The maximum absolute atomic E-state index is 6.00. The highest BCUT2D eigenvalue weighted by atomic mass is 35.5. The Morgan fingerprint density at radius 3 is 2.57 bits per heavy atom. The van der Waals surface area contributed by atoms with E-state index in [2.05, 4.69) is 0 Å². The van der Waals surface area contributed by atoms with Gasteiger partial charge in [-0.25, -0.2) is 0 Å². The van der Waals surface area contributed by atoms with Crippen molar-refractivity contribution < 1.29 is 4.74 Å². The fraction of sp³-hybridized carbons (Fsp3) is 0.455. The van der Waals surface area contributed by atoms with E-state index in [0.717, 1.165) is 24.2 Å². The molecule has 0 aromatic heterocycles. The number of hydrogen-bond donors (Lipinski definition) is 0. The molecule has 0 unspecified atom stereocenters. The average Bonchev–Trinajstić information content (AvgIpc) is 2.05. The minimum absolute atomic E-state index is 0.364. The van der Waals surface area contributed by atoms with Crippen LogP contribution in [0, 0.1) is 6.92 Å². The fourth-order valence-electron chi connectivity index (χ4n) is 1.41. The first kappa shape index (κ1) is 10.1. The van der Waals surface area contributed by atoms with Gasteiger partial charge in [-0.15, -0.1) is 0 Å². The SMILES string of the molecule is Cc1c(Cl)cc(Cl)cc1OC1CCC1. The summed E-state index contributed by atoms with van der Waals surface area (Å²) in [4.78, 5) is 0. The van der Waals surface area contributed by atoms with Crippen molar-refractivity contribution in [2.24, 2.45) is 0 Å². The molecule has 2 rings (SSSR count). The second kappa shape index (κ2) is 4.00. The van der Waals surface area contributed by atoms with E-state index in [4.69, 9.17) is 27.9 Å². The molecular weight excluding hydrogens is 219 g/mol. The van der Waals surface area contributed by atoms with Crippen LogP contribution in [0.4, 0.5) is 0 Å².